The van der Waals surface area contributed by atoms with Gasteiger partial charge in [0.1, 0.15) is 19.3 Å². The summed E-state index contributed by atoms with van der Waals surface area (Å²) in [5, 5.41) is 3.84. The maximum absolute atomic E-state index is 13.4. The van der Waals surface area contributed by atoms with Crippen molar-refractivity contribution in [2.75, 3.05) is 19.8 Å². The minimum absolute atomic E-state index is 0.0987. The van der Waals surface area contributed by atoms with Crippen molar-refractivity contribution in [2.24, 2.45) is 0 Å². The van der Waals surface area contributed by atoms with Crippen molar-refractivity contribution in [1.29, 1.82) is 0 Å². The van der Waals surface area contributed by atoms with Crippen LogP contribution in [0.15, 0.2) is 36.4 Å². The minimum atomic E-state index is -0.570. The summed E-state index contributed by atoms with van der Waals surface area (Å²) >= 11 is 12.3. The number of hydrogen-bond acceptors (Lipinski definition) is 4. The number of fused-ring (bicyclic) bond motifs is 1. The molecule has 0 aromatic heterocycles. The fourth-order valence-electron chi connectivity index (χ4n) is 3.90. The van der Waals surface area contributed by atoms with Crippen LogP contribution in [-0.4, -0.2) is 42.5 Å². The molecule has 6 nitrogen and oxygen atoms in total. The third-order valence-electron chi connectivity index (χ3n) is 5.79. The molecule has 1 aliphatic rings. The predicted octanol–water partition coefficient (Wildman–Crippen LogP) is 5.42. The van der Waals surface area contributed by atoms with Crippen molar-refractivity contribution in [3.05, 3.63) is 57.6 Å². The van der Waals surface area contributed by atoms with Gasteiger partial charge in [0.15, 0.2) is 11.5 Å². The zero-order chi connectivity index (χ0) is 24.5. The summed E-state index contributed by atoms with van der Waals surface area (Å²) in [6, 6.07) is 10.4. The van der Waals surface area contributed by atoms with Gasteiger partial charge in [-0.15, -0.1) is 0 Å². The lowest BCUT2D eigenvalue weighted by Gasteiger charge is -2.31. The Morgan fingerprint density at radius 3 is 2.44 bits per heavy atom. The normalized spacial score (nSPS) is 13.3. The van der Waals surface area contributed by atoms with E-state index in [1.807, 2.05) is 31.2 Å². The Hall–Kier alpha value is -2.44. The van der Waals surface area contributed by atoms with Crippen LogP contribution in [0.2, 0.25) is 10.0 Å². The molecule has 34 heavy (non-hydrogen) atoms. The third kappa shape index (κ3) is 7.03. The summed E-state index contributed by atoms with van der Waals surface area (Å²) < 4.78 is 11.2. The Kier molecular flexibility index (Phi) is 9.90. The predicted molar refractivity (Wildman–Crippen MR) is 135 cm³/mol. The first-order valence-electron chi connectivity index (χ1n) is 11.8. The van der Waals surface area contributed by atoms with Crippen molar-refractivity contribution in [3.8, 4) is 11.5 Å². The number of rotatable bonds is 11. The minimum Gasteiger partial charge on any atom is -0.486 e. The van der Waals surface area contributed by atoms with E-state index in [-0.39, 0.29) is 24.8 Å². The molecule has 1 heterocycles. The second-order valence-electron chi connectivity index (χ2n) is 8.32. The Labute approximate surface area is 211 Å². The number of nitrogens with one attached hydrogen (secondary N) is 1. The lowest BCUT2D eigenvalue weighted by atomic mass is 10.1. The van der Waals surface area contributed by atoms with E-state index in [1.54, 1.807) is 17.0 Å². The van der Waals surface area contributed by atoms with Gasteiger partial charge in [-0.3, -0.25) is 9.59 Å². The number of ether oxygens (including phenoxy) is 2. The number of unbranched alkanes of at least 4 members (excludes halogenated alkanes) is 1. The van der Waals surface area contributed by atoms with Gasteiger partial charge in [-0.1, -0.05) is 55.6 Å². The highest BCUT2D eigenvalue weighted by Gasteiger charge is 2.28. The van der Waals surface area contributed by atoms with E-state index in [0.717, 1.165) is 29.7 Å². The first-order valence-corrected chi connectivity index (χ1v) is 12.6. The fraction of sp³-hybridized carbons (Fsp3) is 0.462. The van der Waals surface area contributed by atoms with Gasteiger partial charge in [-0.25, -0.2) is 0 Å². The number of benzene rings is 2. The van der Waals surface area contributed by atoms with Gasteiger partial charge in [-0.05, 0) is 54.7 Å². The zero-order valence-corrected chi connectivity index (χ0v) is 21.3. The number of hydrogen-bond donors (Lipinski definition) is 1. The van der Waals surface area contributed by atoms with Crippen LogP contribution in [0, 0.1) is 0 Å². The van der Waals surface area contributed by atoms with Crippen molar-refractivity contribution >= 4 is 35.0 Å². The van der Waals surface area contributed by atoms with E-state index in [0.29, 0.717) is 48.4 Å². The summed E-state index contributed by atoms with van der Waals surface area (Å²) in [4.78, 5) is 28.0. The molecule has 0 saturated heterocycles. The monoisotopic (exact) mass is 506 g/mol. The largest absolute Gasteiger partial charge is 0.486 e. The van der Waals surface area contributed by atoms with Crippen molar-refractivity contribution in [1.82, 2.24) is 10.2 Å². The third-order valence-corrected chi connectivity index (χ3v) is 6.53. The molecule has 1 aliphatic heterocycles. The molecule has 0 radical (unpaired) electrons. The first kappa shape index (κ1) is 26.2. The number of nitrogens with zero attached hydrogens (tertiary/aromatic N) is 1. The summed E-state index contributed by atoms with van der Waals surface area (Å²) in [5.41, 5.74) is 1.80. The highest BCUT2D eigenvalue weighted by molar-refractivity contribution is 6.42. The van der Waals surface area contributed by atoms with Gasteiger partial charge in [0, 0.05) is 19.5 Å². The van der Waals surface area contributed by atoms with Gasteiger partial charge < -0.3 is 19.7 Å². The molecule has 1 atom stereocenters. The topological polar surface area (TPSA) is 67.9 Å². The maximum atomic E-state index is 13.4. The van der Waals surface area contributed by atoms with Crippen molar-refractivity contribution in [2.45, 2.75) is 58.5 Å². The van der Waals surface area contributed by atoms with Crippen LogP contribution in [0.1, 0.15) is 50.7 Å². The second kappa shape index (κ2) is 12.9. The van der Waals surface area contributed by atoms with E-state index >= 15 is 0 Å². The summed E-state index contributed by atoms with van der Waals surface area (Å²) in [6.07, 6.45) is 3.18. The molecule has 2 aromatic carbocycles. The average Bonchev–Trinajstić information content (AvgIpc) is 2.84. The van der Waals surface area contributed by atoms with Crippen LogP contribution < -0.4 is 14.8 Å². The molecule has 8 heteroatoms. The van der Waals surface area contributed by atoms with Crippen LogP contribution in [0.25, 0.3) is 0 Å². The molecule has 0 saturated carbocycles. The molecule has 2 amide bonds. The summed E-state index contributed by atoms with van der Waals surface area (Å²) in [7, 11) is 0. The molecule has 0 bridgehead atoms. The first-order chi connectivity index (χ1) is 16.4. The van der Waals surface area contributed by atoms with Crippen LogP contribution >= 0.6 is 23.2 Å². The van der Waals surface area contributed by atoms with E-state index in [4.69, 9.17) is 32.7 Å². The van der Waals surface area contributed by atoms with E-state index in [2.05, 4.69) is 12.2 Å². The van der Waals surface area contributed by atoms with Crippen molar-refractivity contribution in [3.63, 3.8) is 0 Å². The molecule has 3 rings (SSSR count). The van der Waals surface area contributed by atoms with Crippen molar-refractivity contribution < 1.29 is 19.1 Å². The molecule has 0 spiro atoms. The molecule has 184 valence electrons. The number of carbonyl (C=O) groups is 2. The van der Waals surface area contributed by atoms with E-state index in [9.17, 15) is 9.59 Å². The molecule has 0 fully saturated rings. The van der Waals surface area contributed by atoms with Crippen LogP contribution in [0.4, 0.5) is 0 Å². The summed E-state index contributed by atoms with van der Waals surface area (Å²) in [5.74, 6) is 1.19. The zero-order valence-electron chi connectivity index (χ0n) is 19.7. The number of carbonyl (C=O) groups excluding carboxylic acids is 2. The van der Waals surface area contributed by atoms with Crippen LogP contribution in [-0.2, 0) is 22.6 Å². The number of amides is 2. The Bertz CT molecular complexity index is 999. The second-order valence-corrected chi connectivity index (χ2v) is 9.13. The standard InChI is InChI=1S/C26H32Cl2N2O4/c1-3-5-12-29-26(32)22(4-2)30(17-19-6-9-20(27)21(28)15-19)25(31)11-8-18-7-10-23-24(16-18)34-14-13-33-23/h6-7,9-10,15-16,22H,3-5,8,11-14,17H2,1-2H3,(H,29,32). The van der Waals surface area contributed by atoms with Gasteiger partial charge >= 0.3 is 0 Å². The number of halogens is 2. The van der Waals surface area contributed by atoms with Gasteiger partial charge in [-0.2, -0.15) is 0 Å². The van der Waals surface area contributed by atoms with Crippen LogP contribution in [0.5, 0.6) is 11.5 Å². The molecular weight excluding hydrogens is 475 g/mol. The average molecular weight is 507 g/mol. The number of aryl methyl sites for hydroxylation is 1. The lowest BCUT2D eigenvalue weighted by Crippen LogP contribution is -2.49. The molecule has 1 unspecified atom stereocenters. The molecule has 0 aliphatic carbocycles. The van der Waals surface area contributed by atoms with E-state index < -0.39 is 6.04 Å². The quantitative estimate of drug-likeness (QED) is 0.413. The Balaban J connectivity index is 1.75. The summed E-state index contributed by atoms with van der Waals surface area (Å²) in [6.45, 7) is 5.90. The molecule has 2 aromatic rings. The van der Waals surface area contributed by atoms with Gasteiger partial charge in [0.25, 0.3) is 0 Å². The SMILES string of the molecule is CCCCNC(=O)C(CC)N(Cc1ccc(Cl)c(Cl)c1)C(=O)CCc1ccc2c(c1)OCCO2. The fourth-order valence-corrected chi connectivity index (χ4v) is 4.22. The maximum Gasteiger partial charge on any atom is 0.242 e. The van der Waals surface area contributed by atoms with Crippen LogP contribution in [0.3, 0.4) is 0 Å². The smallest absolute Gasteiger partial charge is 0.242 e. The van der Waals surface area contributed by atoms with E-state index in [1.165, 1.54) is 0 Å². The van der Waals surface area contributed by atoms with Gasteiger partial charge in [0.05, 0.1) is 10.0 Å². The molecular formula is C26H32Cl2N2O4. The lowest BCUT2D eigenvalue weighted by molar-refractivity contribution is -0.141. The molecule has 1 N–H and O–H groups in total. The highest BCUT2D eigenvalue weighted by atomic mass is 35.5. The highest BCUT2D eigenvalue weighted by Crippen LogP contribution is 2.31. The Morgan fingerprint density at radius 1 is 1.00 bits per heavy atom. The van der Waals surface area contributed by atoms with Gasteiger partial charge in [0.2, 0.25) is 11.8 Å². The Morgan fingerprint density at radius 2 is 1.74 bits per heavy atom.